The molecule has 4 saturated carbocycles. The van der Waals surface area contributed by atoms with Crippen LogP contribution in [-0.4, -0.2) is 62.6 Å². The molecule has 2 heterocycles. The summed E-state index contributed by atoms with van der Waals surface area (Å²) in [6.45, 7) is 0.418. The number of carbonyl (C=O) groups is 1. The van der Waals surface area contributed by atoms with Crippen molar-refractivity contribution in [2.24, 2.45) is 17.8 Å². The lowest BCUT2D eigenvalue weighted by molar-refractivity contribution is -0.142. The Morgan fingerprint density at radius 2 is 1.96 bits per heavy atom. The van der Waals surface area contributed by atoms with Crippen molar-refractivity contribution in [3.63, 3.8) is 0 Å². The van der Waals surface area contributed by atoms with Crippen molar-refractivity contribution in [1.82, 2.24) is 29.2 Å². The summed E-state index contributed by atoms with van der Waals surface area (Å²) in [6.07, 6.45) is 7.92. The van der Waals surface area contributed by atoms with Crippen LogP contribution in [0.2, 0.25) is 0 Å². The number of aromatic nitrogens is 4. The Bertz CT molecular complexity index is 858. The van der Waals surface area contributed by atoms with Crippen LogP contribution in [0, 0.1) is 17.8 Å². The Balaban J connectivity index is 1.41. The van der Waals surface area contributed by atoms with Gasteiger partial charge in [0.2, 0.25) is 0 Å². The van der Waals surface area contributed by atoms with Gasteiger partial charge in [0, 0.05) is 18.6 Å². The molecule has 0 radical (unpaired) electrons. The van der Waals surface area contributed by atoms with Crippen molar-refractivity contribution in [2.45, 2.75) is 62.4 Å². The molecule has 4 aliphatic carbocycles. The van der Waals surface area contributed by atoms with Gasteiger partial charge in [-0.25, -0.2) is 0 Å². The van der Waals surface area contributed by atoms with E-state index in [9.17, 15) is 18.3 Å². The third kappa shape index (κ3) is 2.94. The Labute approximate surface area is 163 Å². The number of hydrogen-bond donors (Lipinski definition) is 2. The van der Waals surface area contributed by atoms with E-state index < -0.39 is 27.6 Å². The molecule has 1 aliphatic heterocycles. The fraction of sp³-hybridized carbons (Fsp3) is 0.882. The second-order valence-electron chi connectivity index (χ2n) is 9.33. The number of hydrogen-bond acceptors (Lipinski definition) is 6. The average Bonchev–Trinajstić information content (AvgIpc) is 3.15. The third-order valence-electron chi connectivity index (χ3n) is 7.22. The van der Waals surface area contributed by atoms with Crippen molar-refractivity contribution in [2.75, 3.05) is 13.1 Å². The van der Waals surface area contributed by atoms with Gasteiger partial charge in [-0.15, -0.1) is 10.2 Å². The van der Waals surface area contributed by atoms with E-state index in [1.807, 2.05) is 0 Å². The van der Waals surface area contributed by atoms with Crippen molar-refractivity contribution in [3.8, 4) is 0 Å². The maximum atomic E-state index is 13.2. The minimum atomic E-state index is -3.75. The van der Waals surface area contributed by atoms with E-state index in [4.69, 9.17) is 0 Å². The molecule has 1 saturated heterocycles. The number of rotatable bonds is 5. The van der Waals surface area contributed by atoms with Crippen molar-refractivity contribution in [1.29, 1.82) is 0 Å². The highest BCUT2D eigenvalue weighted by molar-refractivity contribution is 7.87. The fourth-order valence-corrected chi connectivity index (χ4v) is 8.31. The van der Waals surface area contributed by atoms with Crippen LogP contribution in [-0.2, 0) is 20.5 Å². The third-order valence-corrected chi connectivity index (χ3v) is 8.92. The number of carboxylic acid groups (broad SMARTS) is 1. The minimum absolute atomic E-state index is 0.0450. The van der Waals surface area contributed by atoms with Gasteiger partial charge < -0.3 is 5.11 Å². The summed E-state index contributed by atoms with van der Waals surface area (Å²) in [7, 11) is -3.75. The second kappa shape index (κ2) is 6.20. The molecule has 154 valence electrons. The van der Waals surface area contributed by atoms with Crippen LogP contribution < -0.4 is 4.72 Å². The molecule has 0 amide bonds. The van der Waals surface area contributed by atoms with Crippen LogP contribution in [0.3, 0.4) is 0 Å². The van der Waals surface area contributed by atoms with E-state index in [2.05, 4.69) is 20.1 Å². The van der Waals surface area contributed by atoms with E-state index in [0.717, 1.165) is 32.1 Å². The number of carboxylic acids is 1. The van der Waals surface area contributed by atoms with Crippen LogP contribution in [0.1, 0.15) is 51.4 Å². The van der Waals surface area contributed by atoms with Crippen LogP contribution in [0.15, 0.2) is 6.33 Å². The van der Waals surface area contributed by atoms with Gasteiger partial charge in [0.15, 0.2) is 6.33 Å². The van der Waals surface area contributed by atoms with E-state index in [-0.39, 0.29) is 12.1 Å². The lowest BCUT2D eigenvalue weighted by Crippen LogP contribution is -2.67. The molecular weight excluding hydrogens is 384 g/mol. The molecule has 2 N–H and O–H groups in total. The summed E-state index contributed by atoms with van der Waals surface area (Å²) in [5, 5.41) is 21.6. The average molecular weight is 411 g/mol. The van der Waals surface area contributed by atoms with Crippen molar-refractivity contribution >= 4 is 16.2 Å². The number of nitrogens with one attached hydrogen (secondary N) is 1. The van der Waals surface area contributed by atoms with Gasteiger partial charge in [-0.05, 0) is 68.4 Å². The largest absolute Gasteiger partial charge is 0.481 e. The lowest BCUT2D eigenvalue weighted by atomic mass is 9.50. The van der Waals surface area contributed by atoms with Gasteiger partial charge in [-0.1, -0.05) is 0 Å². The summed E-state index contributed by atoms with van der Waals surface area (Å²) in [6, 6.07) is 0. The summed E-state index contributed by atoms with van der Waals surface area (Å²) in [5.41, 5.74) is -0.776. The molecule has 10 nitrogen and oxygen atoms in total. The Kier molecular flexibility index (Phi) is 4.08. The zero-order valence-corrected chi connectivity index (χ0v) is 16.5. The van der Waals surface area contributed by atoms with E-state index in [1.165, 1.54) is 10.6 Å². The Morgan fingerprint density at radius 3 is 2.61 bits per heavy atom. The standard InChI is InChI=1S/C17H26N6O4S/c24-15(25)14-2-1-3-22(9-14)28(26,27)20-16-5-12-4-13(6-16)8-17(7-12,10-16)23-19-11-18-21-23/h11-14,20H,1-10H2,(H,24,25). The van der Waals surface area contributed by atoms with Crippen molar-refractivity contribution in [3.05, 3.63) is 6.33 Å². The first-order valence-electron chi connectivity index (χ1n) is 10.0. The molecular formula is C17H26N6O4S. The highest BCUT2D eigenvalue weighted by atomic mass is 32.2. The first-order valence-corrected chi connectivity index (χ1v) is 11.5. The van der Waals surface area contributed by atoms with Gasteiger partial charge >= 0.3 is 5.97 Å². The molecule has 1 aromatic heterocycles. The molecule has 3 atom stereocenters. The van der Waals surface area contributed by atoms with Gasteiger partial charge in [0.1, 0.15) is 0 Å². The normalized spacial score (nSPS) is 40.6. The zero-order chi connectivity index (χ0) is 19.6. The zero-order valence-electron chi connectivity index (χ0n) is 15.7. The van der Waals surface area contributed by atoms with Gasteiger partial charge in [0.05, 0.1) is 11.5 Å². The van der Waals surface area contributed by atoms with Crippen LogP contribution >= 0.6 is 0 Å². The van der Waals surface area contributed by atoms with Crippen LogP contribution in [0.25, 0.3) is 0 Å². The molecule has 3 unspecified atom stereocenters. The molecule has 0 spiro atoms. The quantitative estimate of drug-likeness (QED) is 0.716. The molecule has 1 aromatic rings. The molecule has 5 aliphatic rings. The molecule has 6 rings (SSSR count). The van der Waals surface area contributed by atoms with E-state index >= 15 is 0 Å². The number of tetrazole rings is 1. The Hall–Kier alpha value is -1.59. The Morgan fingerprint density at radius 1 is 1.21 bits per heavy atom. The summed E-state index contributed by atoms with van der Waals surface area (Å²) in [5.74, 6) is -0.663. The molecule has 0 aromatic carbocycles. The predicted molar refractivity (Wildman–Crippen MR) is 97.2 cm³/mol. The SMILES string of the molecule is O=C(O)C1CCCN(S(=O)(=O)NC23CC4CC(C2)CC(n2ncnn2)(C4)C3)C1. The highest BCUT2D eigenvalue weighted by Gasteiger charge is 2.61. The summed E-state index contributed by atoms with van der Waals surface area (Å²) in [4.78, 5) is 13.0. The minimum Gasteiger partial charge on any atom is -0.481 e. The highest BCUT2D eigenvalue weighted by Crippen LogP contribution is 2.60. The maximum Gasteiger partial charge on any atom is 0.307 e. The van der Waals surface area contributed by atoms with Gasteiger partial charge in [0.25, 0.3) is 10.2 Å². The lowest BCUT2D eigenvalue weighted by Gasteiger charge is -2.61. The molecule has 5 fully saturated rings. The first kappa shape index (κ1) is 18.4. The number of nitrogens with zero attached hydrogens (tertiary/aromatic N) is 5. The van der Waals surface area contributed by atoms with E-state index in [0.29, 0.717) is 37.6 Å². The summed E-state index contributed by atoms with van der Waals surface area (Å²) < 4.78 is 30.8. The maximum absolute atomic E-state index is 13.2. The van der Waals surface area contributed by atoms with E-state index in [1.54, 1.807) is 4.80 Å². The number of aliphatic carboxylic acids is 1. The van der Waals surface area contributed by atoms with Crippen LogP contribution in [0.4, 0.5) is 0 Å². The molecule has 28 heavy (non-hydrogen) atoms. The smallest absolute Gasteiger partial charge is 0.307 e. The first-order chi connectivity index (χ1) is 13.3. The molecule has 4 bridgehead atoms. The number of piperidine rings is 1. The topological polar surface area (TPSA) is 130 Å². The monoisotopic (exact) mass is 410 g/mol. The van der Waals surface area contributed by atoms with Crippen molar-refractivity contribution < 1.29 is 18.3 Å². The predicted octanol–water partition coefficient (Wildman–Crippen LogP) is 0.352. The van der Waals surface area contributed by atoms with Crippen LogP contribution in [0.5, 0.6) is 0 Å². The second-order valence-corrected chi connectivity index (χ2v) is 11.0. The summed E-state index contributed by atoms with van der Waals surface area (Å²) >= 11 is 0. The van der Waals surface area contributed by atoms with Gasteiger partial charge in [-0.3, -0.25) is 4.79 Å². The van der Waals surface area contributed by atoms with Gasteiger partial charge in [-0.2, -0.15) is 22.2 Å². The molecule has 11 heteroatoms. The fourth-order valence-electron chi connectivity index (χ4n) is 6.65.